The Morgan fingerprint density at radius 2 is 2.12 bits per heavy atom. The molecule has 0 bridgehead atoms. The van der Waals surface area contributed by atoms with Gasteiger partial charge >= 0.3 is 0 Å². The zero-order valence-corrected chi connectivity index (χ0v) is 10.7. The summed E-state index contributed by atoms with van der Waals surface area (Å²) in [7, 11) is 0. The van der Waals surface area contributed by atoms with E-state index in [-0.39, 0.29) is 0 Å². The second kappa shape index (κ2) is 6.77. The summed E-state index contributed by atoms with van der Waals surface area (Å²) in [6.45, 7) is 5.12. The quantitative estimate of drug-likeness (QED) is 0.789. The van der Waals surface area contributed by atoms with E-state index < -0.39 is 0 Å². The van der Waals surface area contributed by atoms with Crippen LogP contribution in [-0.4, -0.2) is 19.2 Å². The van der Waals surface area contributed by atoms with Gasteiger partial charge in [0.05, 0.1) is 6.61 Å². The fraction of sp³-hybridized carbons (Fsp3) is 0.600. The van der Waals surface area contributed by atoms with Gasteiger partial charge in [-0.25, -0.2) is 0 Å². The summed E-state index contributed by atoms with van der Waals surface area (Å²) in [5.74, 6) is 0.871. The molecule has 2 nitrogen and oxygen atoms in total. The first-order valence-corrected chi connectivity index (χ1v) is 6.69. The van der Waals surface area contributed by atoms with Crippen molar-refractivity contribution in [3.8, 4) is 0 Å². The van der Waals surface area contributed by atoms with Crippen molar-refractivity contribution in [1.29, 1.82) is 0 Å². The van der Waals surface area contributed by atoms with E-state index >= 15 is 0 Å². The van der Waals surface area contributed by atoms with Gasteiger partial charge in [-0.1, -0.05) is 37.3 Å². The van der Waals surface area contributed by atoms with Gasteiger partial charge in [-0.3, -0.25) is 0 Å². The van der Waals surface area contributed by atoms with Crippen LogP contribution in [0.3, 0.4) is 0 Å². The molecule has 1 aliphatic heterocycles. The maximum absolute atomic E-state index is 5.72. The third kappa shape index (κ3) is 4.49. The molecule has 0 saturated carbocycles. The van der Waals surface area contributed by atoms with Gasteiger partial charge in [0.2, 0.25) is 0 Å². The number of nitrogens with one attached hydrogen (secondary N) is 1. The second-order valence-electron chi connectivity index (χ2n) is 5.11. The average Bonchev–Trinajstić information content (AvgIpc) is 2.36. The Kier molecular flexibility index (Phi) is 5.02. The minimum atomic E-state index is 0.662. The van der Waals surface area contributed by atoms with Crippen molar-refractivity contribution >= 4 is 0 Å². The van der Waals surface area contributed by atoms with Crippen molar-refractivity contribution in [2.45, 2.75) is 38.8 Å². The summed E-state index contributed by atoms with van der Waals surface area (Å²) in [5, 5.41) is 3.57. The number of hydrogen-bond donors (Lipinski definition) is 1. The third-order valence-corrected chi connectivity index (χ3v) is 3.48. The van der Waals surface area contributed by atoms with Crippen LogP contribution >= 0.6 is 0 Å². The highest BCUT2D eigenvalue weighted by molar-refractivity contribution is 5.13. The molecule has 94 valence electrons. The van der Waals surface area contributed by atoms with Gasteiger partial charge < -0.3 is 10.1 Å². The molecule has 1 heterocycles. The second-order valence-corrected chi connectivity index (χ2v) is 5.11. The van der Waals surface area contributed by atoms with E-state index in [1.807, 2.05) is 6.07 Å². The normalized spacial score (nSPS) is 24.8. The highest BCUT2D eigenvalue weighted by Gasteiger charge is 2.17. The van der Waals surface area contributed by atoms with Crippen LogP contribution in [0.5, 0.6) is 0 Å². The topological polar surface area (TPSA) is 21.3 Å². The lowest BCUT2D eigenvalue weighted by Gasteiger charge is -2.28. The zero-order valence-electron chi connectivity index (χ0n) is 10.7. The van der Waals surface area contributed by atoms with Crippen molar-refractivity contribution in [3.63, 3.8) is 0 Å². The van der Waals surface area contributed by atoms with Gasteiger partial charge in [-0.05, 0) is 37.3 Å². The van der Waals surface area contributed by atoms with E-state index in [2.05, 4.69) is 36.5 Å². The standard InChI is InChI=1S/C15H23NO/c1-13-7-9-16-15(11-13)8-10-17-12-14-5-3-2-4-6-14/h2-6,13,15-16H,7-12H2,1H3. The Morgan fingerprint density at radius 1 is 1.29 bits per heavy atom. The number of hydrogen-bond acceptors (Lipinski definition) is 2. The number of benzene rings is 1. The molecule has 0 aliphatic carbocycles. The summed E-state index contributed by atoms with van der Waals surface area (Å²) in [6.07, 6.45) is 3.76. The highest BCUT2D eigenvalue weighted by Crippen LogP contribution is 2.17. The summed E-state index contributed by atoms with van der Waals surface area (Å²) in [5.41, 5.74) is 1.26. The van der Waals surface area contributed by atoms with Crippen molar-refractivity contribution < 1.29 is 4.74 Å². The number of rotatable bonds is 5. The average molecular weight is 233 g/mol. The molecule has 0 aromatic heterocycles. The monoisotopic (exact) mass is 233 g/mol. The van der Waals surface area contributed by atoms with E-state index in [1.54, 1.807) is 0 Å². The smallest absolute Gasteiger partial charge is 0.0716 e. The molecule has 1 saturated heterocycles. The van der Waals surface area contributed by atoms with Gasteiger partial charge in [-0.2, -0.15) is 0 Å². The van der Waals surface area contributed by atoms with Crippen LogP contribution in [0.2, 0.25) is 0 Å². The lowest BCUT2D eigenvalue weighted by atomic mass is 9.93. The summed E-state index contributed by atoms with van der Waals surface area (Å²) in [4.78, 5) is 0. The predicted molar refractivity (Wildman–Crippen MR) is 70.9 cm³/mol. The lowest BCUT2D eigenvalue weighted by molar-refractivity contribution is 0.105. The molecule has 2 unspecified atom stereocenters. The fourth-order valence-corrected chi connectivity index (χ4v) is 2.43. The molecular weight excluding hydrogens is 210 g/mol. The molecule has 1 aliphatic rings. The molecule has 1 fully saturated rings. The van der Waals surface area contributed by atoms with Crippen molar-refractivity contribution in [2.24, 2.45) is 5.92 Å². The van der Waals surface area contributed by atoms with Crippen molar-refractivity contribution in [3.05, 3.63) is 35.9 Å². The van der Waals surface area contributed by atoms with E-state index in [1.165, 1.54) is 24.9 Å². The molecule has 0 amide bonds. The molecule has 2 heteroatoms. The summed E-state index contributed by atoms with van der Waals surface area (Å²) < 4.78 is 5.72. The van der Waals surface area contributed by atoms with Crippen LogP contribution in [0.1, 0.15) is 31.7 Å². The number of piperidine rings is 1. The van der Waals surface area contributed by atoms with Crippen LogP contribution in [0, 0.1) is 5.92 Å². The van der Waals surface area contributed by atoms with Crippen LogP contribution in [0.4, 0.5) is 0 Å². The Bertz CT molecular complexity index is 312. The maximum atomic E-state index is 5.72. The van der Waals surface area contributed by atoms with E-state index in [4.69, 9.17) is 4.74 Å². The van der Waals surface area contributed by atoms with E-state index in [0.717, 1.165) is 25.6 Å². The SMILES string of the molecule is CC1CCNC(CCOCc2ccccc2)C1. The Morgan fingerprint density at radius 3 is 2.88 bits per heavy atom. The van der Waals surface area contributed by atoms with Crippen LogP contribution < -0.4 is 5.32 Å². The molecule has 0 spiro atoms. The van der Waals surface area contributed by atoms with Crippen LogP contribution in [0.25, 0.3) is 0 Å². The van der Waals surface area contributed by atoms with Gasteiger partial charge in [0.15, 0.2) is 0 Å². The predicted octanol–water partition coefficient (Wildman–Crippen LogP) is 2.98. The summed E-state index contributed by atoms with van der Waals surface area (Å²) >= 11 is 0. The number of ether oxygens (including phenoxy) is 1. The maximum Gasteiger partial charge on any atom is 0.0716 e. The molecule has 0 radical (unpaired) electrons. The Hall–Kier alpha value is -0.860. The van der Waals surface area contributed by atoms with E-state index in [0.29, 0.717) is 6.04 Å². The highest BCUT2D eigenvalue weighted by atomic mass is 16.5. The van der Waals surface area contributed by atoms with Crippen molar-refractivity contribution in [2.75, 3.05) is 13.2 Å². The van der Waals surface area contributed by atoms with Gasteiger partial charge in [-0.15, -0.1) is 0 Å². The molecular formula is C15H23NO. The minimum Gasteiger partial charge on any atom is -0.377 e. The van der Waals surface area contributed by atoms with E-state index in [9.17, 15) is 0 Å². The molecule has 1 N–H and O–H groups in total. The lowest BCUT2D eigenvalue weighted by Crippen LogP contribution is -2.38. The Labute approximate surface area is 104 Å². The fourth-order valence-electron chi connectivity index (χ4n) is 2.43. The first-order chi connectivity index (χ1) is 8.34. The molecule has 17 heavy (non-hydrogen) atoms. The third-order valence-electron chi connectivity index (χ3n) is 3.48. The molecule has 2 rings (SSSR count). The molecule has 1 aromatic carbocycles. The summed E-state index contributed by atoms with van der Waals surface area (Å²) in [6, 6.07) is 11.0. The van der Waals surface area contributed by atoms with Gasteiger partial charge in [0.25, 0.3) is 0 Å². The zero-order chi connectivity index (χ0) is 11.9. The van der Waals surface area contributed by atoms with Crippen LogP contribution in [-0.2, 0) is 11.3 Å². The van der Waals surface area contributed by atoms with Crippen molar-refractivity contribution in [1.82, 2.24) is 5.32 Å². The molecule has 2 atom stereocenters. The molecule has 1 aromatic rings. The van der Waals surface area contributed by atoms with Gasteiger partial charge in [0, 0.05) is 12.6 Å². The van der Waals surface area contributed by atoms with Crippen LogP contribution in [0.15, 0.2) is 30.3 Å². The first kappa shape index (κ1) is 12.6. The van der Waals surface area contributed by atoms with Gasteiger partial charge in [0.1, 0.15) is 0 Å². The minimum absolute atomic E-state index is 0.662. The Balaban J connectivity index is 1.60. The largest absolute Gasteiger partial charge is 0.377 e. The first-order valence-electron chi connectivity index (χ1n) is 6.69.